The van der Waals surface area contributed by atoms with Crippen LogP contribution in [0, 0.1) is 5.92 Å². The Bertz CT molecular complexity index is 649. The summed E-state index contributed by atoms with van der Waals surface area (Å²) in [6.07, 6.45) is 4.93. The molecule has 0 aromatic heterocycles. The average molecular weight is 450 g/mol. The molecule has 2 heterocycles. The minimum atomic E-state index is -1.76. The maximum atomic E-state index is 12.6. The van der Waals surface area contributed by atoms with Gasteiger partial charge in [-0.2, -0.15) is 0 Å². The van der Waals surface area contributed by atoms with Gasteiger partial charge in [0.15, 0.2) is 6.23 Å². The molecule has 2 saturated heterocycles. The lowest BCUT2D eigenvalue weighted by Crippen LogP contribution is -2.51. The number of halogens is 3. The summed E-state index contributed by atoms with van der Waals surface area (Å²) < 4.78 is 9.30. The second-order valence-electron chi connectivity index (χ2n) is 7.46. The van der Waals surface area contributed by atoms with Crippen LogP contribution in [0.5, 0.6) is 5.75 Å². The Morgan fingerprint density at radius 1 is 1.18 bits per heavy atom. The molecule has 1 amide bonds. The molecule has 2 aliphatic heterocycles. The van der Waals surface area contributed by atoms with Crippen molar-refractivity contribution in [2.75, 3.05) is 26.8 Å². The Balaban J connectivity index is 1.61. The Kier molecular flexibility index (Phi) is 7.74. The number of piperidine rings is 2. The van der Waals surface area contributed by atoms with E-state index in [1.165, 1.54) is 19.3 Å². The molecule has 156 valence electrons. The number of fused-ring (bicyclic) bond motifs is 1. The number of hydrogen-bond donors (Lipinski definition) is 1. The van der Waals surface area contributed by atoms with Gasteiger partial charge in [-0.15, -0.1) is 0 Å². The number of nitrogens with one attached hydrogen (secondary N) is 1. The van der Waals surface area contributed by atoms with Gasteiger partial charge in [-0.3, -0.25) is 4.79 Å². The van der Waals surface area contributed by atoms with Crippen LogP contribution in [0.1, 0.15) is 42.5 Å². The molecular weight excluding hydrogens is 423 g/mol. The molecule has 0 aliphatic carbocycles. The molecule has 5 nitrogen and oxygen atoms in total. The van der Waals surface area contributed by atoms with Crippen molar-refractivity contribution in [1.29, 1.82) is 0 Å². The van der Waals surface area contributed by atoms with Gasteiger partial charge in [0.25, 0.3) is 5.91 Å². The minimum absolute atomic E-state index is 0.359. The molecule has 2 aliphatic rings. The van der Waals surface area contributed by atoms with Crippen molar-refractivity contribution in [3.8, 4) is 5.75 Å². The zero-order chi connectivity index (χ0) is 20.1. The van der Waals surface area contributed by atoms with Crippen molar-refractivity contribution in [2.24, 2.45) is 5.92 Å². The number of rotatable bonds is 6. The van der Waals surface area contributed by atoms with E-state index in [4.69, 9.17) is 44.3 Å². The molecular formula is C20H27Cl3N2O3. The van der Waals surface area contributed by atoms with E-state index in [2.05, 4.69) is 10.2 Å². The number of nitrogens with zero attached hydrogens (tertiary/aromatic N) is 1. The first-order valence-electron chi connectivity index (χ1n) is 9.76. The molecule has 3 rings (SSSR count). The first-order chi connectivity index (χ1) is 13.4. The van der Waals surface area contributed by atoms with Crippen molar-refractivity contribution in [1.82, 2.24) is 10.2 Å². The number of carbonyl (C=O) groups excluding carboxylic acids is 1. The molecule has 28 heavy (non-hydrogen) atoms. The van der Waals surface area contributed by atoms with E-state index in [-0.39, 0.29) is 5.91 Å². The Labute approximate surface area is 181 Å². The van der Waals surface area contributed by atoms with Gasteiger partial charge in [0.1, 0.15) is 5.75 Å². The quantitative estimate of drug-likeness (QED) is 0.516. The Morgan fingerprint density at radius 3 is 2.57 bits per heavy atom. The van der Waals surface area contributed by atoms with Crippen molar-refractivity contribution < 1.29 is 14.3 Å². The van der Waals surface area contributed by atoms with E-state index < -0.39 is 10.0 Å². The monoisotopic (exact) mass is 448 g/mol. The summed E-state index contributed by atoms with van der Waals surface area (Å²) in [7, 11) is 1.57. The van der Waals surface area contributed by atoms with Crippen LogP contribution in [0.3, 0.4) is 0 Å². The van der Waals surface area contributed by atoms with Crippen LogP contribution in [-0.2, 0) is 4.74 Å². The highest BCUT2D eigenvalue weighted by Crippen LogP contribution is 2.34. The topological polar surface area (TPSA) is 50.8 Å². The highest BCUT2D eigenvalue weighted by atomic mass is 35.6. The third-order valence-electron chi connectivity index (χ3n) is 5.62. The van der Waals surface area contributed by atoms with Crippen LogP contribution >= 0.6 is 34.8 Å². The Hall–Kier alpha value is -0.720. The van der Waals surface area contributed by atoms with Crippen molar-refractivity contribution in [3.05, 3.63) is 29.8 Å². The SMILES string of the molecule is COc1ccc(C(=O)NC(OC[C@@H]2CCCN3CCCC[C@H]23)C(Cl)(Cl)Cl)cc1. The number of carbonyl (C=O) groups is 1. The van der Waals surface area contributed by atoms with E-state index >= 15 is 0 Å². The lowest BCUT2D eigenvalue weighted by atomic mass is 9.84. The molecule has 1 aromatic carbocycles. The maximum Gasteiger partial charge on any atom is 0.253 e. The van der Waals surface area contributed by atoms with Gasteiger partial charge >= 0.3 is 0 Å². The fraction of sp³-hybridized carbons (Fsp3) is 0.650. The number of benzene rings is 1. The van der Waals surface area contributed by atoms with Gasteiger partial charge in [0, 0.05) is 11.6 Å². The zero-order valence-corrected chi connectivity index (χ0v) is 18.3. The van der Waals surface area contributed by atoms with Crippen LogP contribution in [0.2, 0.25) is 0 Å². The highest BCUT2D eigenvalue weighted by Gasteiger charge is 2.38. The Morgan fingerprint density at radius 2 is 1.89 bits per heavy atom. The normalized spacial score (nSPS) is 24.3. The molecule has 0 spiro atoms. The van der Waals surface area contributed by atoms with Crippen LogP contribution in [0.25, 0.3) is 0 Å². The molecule has 2 fully saturated rings. The molecule has 1 aromatic rings. The van der Waals surface area contributed by atoms with E-state index in [1.807, 2.05) is 0 Å². The van der Waals surface area contributed by atoms with Crippen LogP contribution in [0.4, 0.5) is 0 Å². The number of ether oxygens (including phenoxy) is 2. The smallest absolute Gasteiger partial charge is 0.253 e. The third kappa shape index (κ3) is 5.67. The number of methoxy groups -OCH3 is 1. The predicted molar refractivity (Wildman–Crippen MR) is 112 cm³/mol. The summed E-state index contributed by atoms with van der Waals surface area (Å²) in [6, 6.07) is 7.25. The van der Waals surface area contributed by atoms with Gasteiger partial charge in [-0.1, -0.05) is 41.2 Å². The maximum absolute atomic E-state index is 12.6. The number of alkyl halides is 3. The summed E-state index contributed by atoms with van der Waals surface area (Å²) in [5.41, 5.74) is 0.444. The van der Waals surface area contributed by atoms with E-state index in [9.17, 15) is 4.79 Å². The standard InChI is InChI=1S/C20H27Cl3N2O3/c1-27-16-9-7-14(8-10-16)18(26)24-19(20(21,22)23)28-13-15-5-4-12-25-11-3-2-6-17(15)25/h7-10,15,17,19H,2-6,11-13H2,1H3,(H,24,26)/t15-,17+,19?/m0/s1. The predicted octanol–water partition coefficient (Wildman–Crippen LogP) is 4.40. The zero-order valence-electron chi connectivity index (χ0n) is 16.0. The molecule has 0 bridgehead atoms. The van der Waals surface area contributed by atoms with Gasteiger partial charge < -0.3 is 19.7 Å². The van der Waals surface area contributed by atoms with Gasteiger partial charge in [0.05, 0.1) is 13.7 Å². The summed E-state index contributed by atoms with van der Waals surface area (Å²) in [5, 5.41) is 2.71. The van der Waals surface area contributed by atoms with Crippen molar-refractivity contribution >= 4 is 40.7 Å². The lowest BCUT2D eigenvalue weighted by Gasteiger charge is -2.44. The molecule has 8 heteroatoms. The first-order valence-corrected chi connectivity index (χ1v) is 10.9. The van der Waals surface area contributed by atoms with Crippen LogP contribution in [-0.4, -0.2) is 53.7 Å². The summed E-state index contributed by atoms with van der Waals surface area (Å²) in [5.74, 6) is 0.698. The third-order valence-corrected chi connectivity index (χ3v) is 6.21. The molecule has 3 atom stereocenters. The number of amides is 1. The van der Waals surface area contributed by atoms with Gasteiger partial charge in [0.2, 0.25) is 3.79 Å². The molecule has 0 radical (unpaired) electrons. The van der Waals surface area contributed by atoms with Gasteiger partial charge in [-0.25, -0.2) is 0 Å². The summed E-state index contributed by atoms with van der Waals surface area (Å²) >= 11 is 18.3. The minimum Gasteiger partial charge on any atom is -0.497 e. The van der Waals surface area contributed by atoms with E-state index in [0.717, 1.165) is 25.9 Å². The fourth-order valence-electron chi connectivity index (χ4n) is 4.15. The second-order valence-corrected chi connectivity index (χ2v) is 9.83. The van der Waals surface area contributed by atoms with Crippen LogP contribution in [0.15, 0.2) is 24.3 Å². The van der Waals surface area contributed by atoms with Crippen molar-refractivity contribution in [2.45, 2.75) is 48.2 Å². The number of hydrogen-bond acceptors (Lipinski definition) is 4. The summed E-state index contributed by atoms with van der Waals surface area (Å²) in [6.45, 7) is 2.77. The van der Waals surface area contributed by atoms with Crippen LogP contribution < -0.4 is 10.1 Å². The molecule has 1 N–H and O–H groups in total. The lowest BCUT2D eigenvalue weighted by molar-refractivity contribution is -0.0325. The largest absolute Gasteiger partial charge is 0.497 e. The molecule has 0 saturated carbocycles. The van der Waals surface area contributed by atoms with E-state index in [0.29, 0.717) is 29.9 Å². The molecule has 1 unspecified atom stereocenters. The highest BCUT2D eigenvalue weighted by molar-refractivity contribution is 6.68. The summed E-state index contributed by atoms with van der Waals surface area (Å²) in [4.78, 5) is 15.1. The fourth-order valence-corrected chi connectivity index (χ4v) is 4.51. The van der Waals surface area contributed by atoms with Crippen molar-refractivity contribution in [3.63, 3.8) is 0 Å². The van der Waals surface area contributed by atoms with Gasteiger partial charge in [-0.05, 0) is 69.0 Å². The second kappa shape index (κ2) is 9.86. The average Bonchev–Trinajstić information content (AvgIpc) is 2.70. The first kappa shape index (κ1) is 22.0. The van der Waals surface area contributed by atoms with E-state index in [1.54, 1.807) is 31.4 Å².